The molecule has 5 nitrogen and oxygen atoms in total. The Kier molecular flexibility index (Phi) is 6.04. The molecule has 1 aliphatic rings. The Balaban J connectivity index is 2.17. The van der Waals surface area contributed by atoms with Gasteiger partial charge < -0.3 is 14.2 Å². The maximum absolute atomic E-state index is 13.0. The first-order valence-electron chi connectivity index (χ1n) is 9.60. The van der Waals surface area contributed by atoms with Crippen LogP contribution in [0.25, 0.3) is 11.8 Å². The monoisotopic (exact) mass is 424 g/mol. The van der Waals surface area contributed by atoms with Gasteiger partial charge in [0.25, 0.3) is 5.91 Å². The predicted molar refractivity (Wildman–Crippen MR) is 120 cm³/mol. The molecule has 0 radical (unpaired) electrons. The number of nitrogens with zero attached hydrogens (tertiary/aromatic N) is 2. The normalized spacial score (nSPS) is 15.3. The van der Waals surface area contributed by atoms with Crippen LogP contribution >= 0.6 is 11.6 Å². The molecule has 2 heterocycles. The lowest BCUT2D eigenvalue weighted by atomic mass is 10.0. The van der Waals surface area contributed by atoms with E-state index in [0.29, 0.717) is 22.8 Å². The molecule has 1 aromatic heterocycles. The average Bonchev–Trinajstić information content (AvgIpc) is 3.11. The van der Waals surface area contributed by atoms with E-state index < -0.39 is 5.97 Å². The van der Waals surface area contributed by atoms with Gasteiger partial charge in [0.05, 0.1) is 18.3 Å². The number of hydrogen-bond donors (Lipinski definition) is 0. The molecule has 0 spiro atoms. The molecule has 30 heavy (non-hydrogen) atoms. The fourth-order valence-electron chi connectivity index (χ4n) is 3.86. The maximum atomic E-state index is 13.0. The highest BCUT2D eigenvalue weighted by atomic mass is 35.5. The van der Waals surface area contributed by atoms with Crippen molar-refractivity contribution in [1.29, 1.82) is 0 Å². The van der Waals surface area contributed by atoms with Crippen LogP contribution in [0.1, 0.15) is 29.4 Å². The van der Waals surface area contributed by atoms with Crippen LogP contribution in [0.2, 0.25) is 5.02 Å². The highest BCUT2D eigenvalue weighted by Gasteiger charge is 2.36. The molecule has 6 heteroatoms. The Morgan fingerprint density at radius 1 is 1.20 bits per heavy atom. The van der Waals surface area contributed by atoms with Crippen LogP contribution in [0.3, 0.4) is 0 Å². The van der Waals surface area contributed by atoms with Gasteiger partial charge in [0.1, 0.15) is 0 Å². The first-order chi connectivity index (χ1) is 14.2. The fraction of sp³-hybridized carbons (Fsp3) is 0.250. The lowest BCUT2D eigenvalue weighted by Gasteiger charge is -2.14. The lowest BCUT2D eigenvalue weighted by Crippen LogP contribution is -2.25. The van der Waals surface area contributed by atoms with Gasteiger partial charge >= 0.3 is 5.97 Å². The Morgan fingerprint density at radius 2 is 1.90 bits per heavy atom. The van der Waals surface area contributed by atoms with Crippen molar-refractivity contribution in [3.8, 4) is 5.69 Å². The first kappa shape index (κ1) is 21.7. The Hall–Kier alpha value is -3.05. The summed E-state index contributed by atoms with van der Waals surface area (Å²) in [4.78, 5) is 27.0. The highest BCUT2D eigenvalue weighted by Crippen LogP contribution is 2.33. The largest absolute Gasteiger partial charge is 0.465 e. The van der Waals surface area contributed by atoms with E-state index in [-0.39, 0.29) is 11.5 Å². The van der Waals surface area contributed by atoms with Crippen molar-refractivity contribution in [2.75, 3.05) is 13.7 Å². The zero-order chi connectivity index (χ0) is 22.2. The Labute approximate surface area is 181 Å². The zero-order valence-corrected chi connectivity index (χ0v) is 18.6. The molecule has 0 saturated carbocycles. The van der Waals surface area contributed by atoms with Crippen molar-refractivity contribution in [2.24, 2.45) is 0 Å². The summed E-state index contributed by atoms with van der Waals surface area (Å²) in [6, 6.07) is 7.75. The Bertz CT molecular complexity index is 1120. The minimum atomic E-state index is -0.529. The molecular formula is C24H25ClN2O3. The van der Waals surface area contributed by atoms with Gasteiger partial charge in [-0.25, -0.2) is 4.79 Å². The van der Waals surface area contributed by atoms with Crippen molar-refractivity contribution in [3.05, 3.63) is 81.3 Å². The number of hydrogen-bond acceptors (Lipinski definition) is 3. The summed E-state index contributed by atoms with van der Waals surface area (Å²) in [7, 11) is 1.31. The summed E-state index contributed by atoms with van der Waals surface area (Å²) < 4.78 is 7.04. The fourth-order valence-corrected chi connectivity index (χ4v) is 4.03. The Morgan fingerprint density at radius 3 is 2.53 bits per heavy atom. The number of carbonyl (C=O) groups excluding carboxylic acids is 2. The molecule has 1 amide bonds. The van der Waals surface area contributed by atoms with E-state index in [1.807, 2.05) is 45.0 Å². The molecule has 0 bridgehead atoms. The first-order valence-corrected chi connectivity index (χ1v) is 9.98. The molecular weight excluding hydrogens is 400 g/mol. The predicted octanol–water partition coefficient (Wildman–Crippen LogP) is 4.91. The van der Waals surface area contributed by atoms with Crippen LogP contribution in [0.5, 0.6) is 0 Å². The van der Waals surface area contributed by atoms with Crippen LogP contribution in [0.4, 0.5) is 0 Å². The van der Waals surface area contributed by atoms with Gasteiger partial charge in [0.15, 0.2) is 0 Å². The van der Waals surface area contributed by atoms with Crippen LogP contribution < -0.4 is 0 Å². The second-order valence-corrected chi connectivity index (χ2v) is 7.74. The standard InChI is InChI=1S/C24H25ClN2O3/c1-7-10-26-17(5)22(24(29)30-6)20(23(26)28)12-18-11-15(3)27(16(18)4)21-13-19(25)9-8-14(21)2/h7-9,11-13H,1,10H2,2-6H3/b20-12-. The maximum Gasteiger partial charge on any atom is 0.340 e. The number of benzene rings is 1. The van der Waals surface area contributed by atoms with E-state index in [1.165, 1.54) is 12.0 Å². The number of carbonyl (C=O) groups is 2. The molecule has 0 aliphatic carbocycles. The lowest BCUT2D eigenvalue weighted by molar-refractivity contribution is -0.136. The number of ether oxygens (including phenoxy) is 1. The number of methoxy groups -OCH3 is 1. The van der Waals surface area contributed by atoms with Crippen molar-refractivity contribution < 1.29 is 14.3 Å². The van der Waals surface area contributed by atoms with E-state index in [1.54, 1.807) is 19.1 Å². The van der Waals surface area contributed by atoms with E-state index in [9.17, 15) is 9.59 Å². The SMILES string of the molecule is C=CCN1C(=O)/C(=C\c2cc(C)n(-c3cc(Cl)ccc3C)c2C)C(C(=O)OC)=C1C. The topological polar surface area (TPSA) is 51.5 Å². The minimum Gasteiger partial charge on any atom is -0.465 e. The van der Waals surface area contributed by atoms with Crippen LogP contribution in [0, 0.1) is 20.8 Å². The molecule has 1 aliphatic heterocycles. The number of rotatable bonds is 5. The van der Waals surface area contributed by atoms with Gasteiger partial charge in [-0.1, -0.05) is 23.7 Å². The summed E-state index contributed by atoms with van der Waals surface area (Å²) in [5, 5.41) is 0.653. The van der Waals surface area contributed by atoms with Gasteiger partial charge in [-0.2, -0.15) is 0 Å². The molecule has 156 valence electrons. The summed E-state index contributed by atoms with van der Waals surface area (Å²) in [6.07, 6.45) is 3.40. The molecule has 0 saturated heterocycles. The third kappa shape index (κ3) is 3.61. The number of halogens is 1. The van der Waals surface area contributed by atoms with Gasteiger partial charge in [0, 0.05) is 34.3 Å². The van der Waals surface area contributed by atoms with Crippen LogP contribution in [0.15, 0.2) is 53.8 Å². The second kappa shape index (κ2) is 8.36. The van der Waals surface area contributed by atoms with Crippen molar-refractivity contribution in [1.82, 2.24) is 9.47 Å². The molecule has 1 aromatic carbocycles. The number of allylic oxidation sites excluding steroid dienone is 1. The number of esters is 1. The average molecular weight is 425 g/mol. The minimum absolute atomic E-state index is 0.239. The van der Waals surface area contributed by atoms with Crippen LogP contribution in [-0.4, -0.2) is 35.0 Å². The summed E-state index contributed by atoms with van der Waals surface area (Å²) in [5.74, 6) is -0.769. The number of amides is 1. The quantitative estimate of drug-likeness (QED) is 0.389. The highest BCUT2D eigenvalue weighted by molar-refractivity contribution is 6.30. The summed E-state index contributed by atoms with van der Waals surface area (Å²) in [5.41, 5.74) is 6.04. The van der Waals surface area contributed by atoms with Crippen molar-refractivity contribution in [3.63, 3.8) is 0 Å². The van der Waals surface area contributed by atoms with E-state index >= 15 is 0 Å². The van der Waals surface area contributed by atoms with Gasteiger partial charge in [0.2, 0.25) is 0 Å². The third-order valence-electron chi connectivity index (χ3n) is 5.39. The van der Waals surface area contributed by atoms with E-state index in [4.69, 9.17) is 16.3 Å². The number of aromatic nitrogens is 1. The molecule has 2 aromatic rings. The molecule has 0 fully saturated rings. The molecule has 0 unspecified atom stereocenters. The number of aryl methyl sites for hydroxylation is 2. The van der Waals surface area contributed by atoms with E-state index in [0.717, 1.165) is 28.2 Å². The van der Waals surface area contributed by atoms with Crippen molar-refractivity contribution >= 4 is 29.6 Å². The smallest absolute Gasteiger partial charge is 0.340 e. The van der Waals surface area contributed by atoms with Crippen molar-refractivity contribution in [2.45, 2.75) is 27.7 Å². The summed E-state index contributed by atoms with van der Waals surface area (Å²) in [6.45, 7) is 11.8. The molecule has 0 atom stereocenters. The second-order valence-electron chi connectivity index (χ2n) is 7.31. The van der Waals surface area contributed by atoms with Crippen LogP contribution in [-0.2, 0) is 14.3 Å². The van der Waals surface area contributed by atoms with Gasteiger partial charge in [-0.15, -0.1) is 6.58 Å². The zero-order valence-electron chi connectivity index (χ0n) is 17.9. The van der Waals surface area contributed by atoms with E-state index in [2.05, 4.69) is 11.1 Å². The van der Waals surface area contributed by atoms with Gasteiger partial charge in [-0.05, 0) is 63.1 Å². The molecule has 0 N–H and O–H groups in total. The van der Waals surface area contributed by atoms with Gasteiger partial charge in [-0.3, -0.25) is 4.79 Å². The summed E-state index contributed by atoms with van der Waals surface area (Å²) >= 11 is 6.23. The third-order valence-corrected chi connectivity index (χ3v) is 5.63. The molecule has 3 rings (SSSR count).